The minimum atomic E-state index is -1.11. The van der Waals surface area contributed by atoms with E-state index in [9.17, 15) is 14.4 Å². The van der Waals surface area contributed by atoms with Crippen LogP contribution in [0.15, 0.2) is 72.8 Å². The first kappa shape index (κ1) is 26.4. The van der Waals surface area contributed by atoms with Gasteiger partial charge in [0, 0.05) is 0 Å². The molecule has 0 aliphatic heterocycles. The molecule has 0 aliphatic rings. The molecule has 0 amide bonds. The summed E-state index contributed by atoms with van der Waals surface area (Å²) >= 11 is 0. The van der Waals surface area contributed by atoms with Gasteiger partial charge in [0.05, 0.1) is 0 Å². The minimum Gasteiger partial charge on any atom is -0.507 e. The van der Waals surface area contributed by atoms with Crippen molar-refractivity contribution in [3.05, 3.63) is 89.5 Å². The van der Waals surface area contributed by atoms with Crippen molar-refractivity contribution >= 4 is 17.9 Å². The first-order valence-electron chi connectivity index (χ1n) is 8.19. The Morgan fingerprint density at radius 2 is 0.645 bits per heavy atom. The zero-order chi connectivity index (χ0) is 22.7. The molecule has 9 N–H and O–H groups in total. The van der Waals surface area contributed by atoms with Crippen molar-refractivity contribution < 1.29 is 45.0 Å². The van der Waals surface area contributed by atoms with Crippen molar-refractivity contribution in [1.29, 1.82) is 0 Å². The molecule has 0 saturated heterocycles. The molecule has 31 heavy (non-hydrogen) atoms. The van der Waals surface area contributed by atoms with E-state index >= 15 is 0 Å². The lowest BCUT2D eigenvalue weighted by molar-refractivity contribution is 0.0682. The molecule has 3 aromatic carbocycles. The van der Waals surface area contributed by atoms with Crippen molar-refractivity contribution in [2.75, 3.05) is 0 Å². The van der Waals surface area contributed by atoms with Crippen LogP contribution in [0.4, 0.5) is 0 Å². The van der Waals surface area contributed by atoms with Gasteiger partial charge in [-0.3, -0.25) is 0 Å². The first-order chi connectivity index (χ1) is 14.1. The minimum absolute atomic E-state index is 0. The van der Waals surface area contributed by atoms with E-state index in [0.717, 1.165) is 0 Å². The van der Waals surface area contributed by atoms with Gasteiger partial charge in [0.15, 0.2) is 0 Å². The van der Waals surface area contributed by atoms with Crippen molar-refractivity contribution in [2.24, 2.45) is 0 Å². The fourth-order valence-electron chi connectivity index (χ4n) is 1.96. The third-order valence-corrected chi connectivity index (χ3v) is 3.40. The van der Waals surface area contributed by atoms with E-state index in [1.165, 1.54) is 36.4 Å². The molecular formula is C21H21NO9. The number of para-hydroxylation sites is 3. The number of phenols is 3. The van der Waals surface area contributed by atoms with E-state index in [-0.39, 0.29) is 40.1 Å². The summed E-state index contributed by atoms with van der Waals surface area (Å²) in [6, 6.07) is 17.4. The Morgan fingerprint density at radius 3 is 0.774 bits per heavy atom. The van der Waals surface area contributed by atoms with Crippen LogP contribution in [-0.4, -0.2) is 48.5 Å². The summed E-state index contributed by atoms with van der Waals surface area (Å²) in [6.07, 6.45) is 0. The fourth-order valence-corrected chi connectivity index (χ4v) is 1.96. The third kappa shape index (κ3) is 8.54. The lowest BCUT2D eigenvalue weighted by atomic mass is 10.2. The molecule has 3 aromatic rings. The van der Waals surface area contributed by atoms with Crippen molar-refractivity contribution in [2.45, 2.75) is 0 Å². The number of rotatable bonds is 3. The number of carbonyl (C=O) groups is 3. The molecule has 0 heterocycles. The highest BCUT2D eigenvalue weighted by atomic mass is 16.4. The van der Waals surface area contributed by atoms with E-state index in [4.69, 9.17) is 30.6 Å². The van der Waals surface area contributed by atoms with Crippen LogP contribution in [0.25, 0.3) is 0 Å². The molecule has 0 saturated carbocycles. The predicted molar refractivity (Wildman–Crippen MR) is 110 cm³/mol. The SMILES string of the molecule is N.O=C(O)c1ccccc1O.O=C(O)c1ccccc1O.O=C(O)c1ccccc1O. The molecule has 164 valence electrons. The second-order valence-electron chi connectivity index (χ2n) is 5.47. The van der Waals surface area contributed by atoms with Gasteiger partial charge in [-0.15, -0.1) is 0 Å². The Morgan fingerprint density at radius 1 is 0.452 bits per heavy atom. The van der Waals surface area contributed by atoms with Gasteiger partial charge in [0.2, 0.25) is 0 Å². The number of carboxylic acid groups (broad SMARTS) is 3. The molecule has 0 fully saturated rings. The molecule has 0 unspecified atom stereocenters. The highest BCUT2D eigenvalue weighted by molar-refractivity contribution is 5.91. The number of benzene rings is 3. The Hall–Kier alpha value is -4.57. The van der Waals surface area contributed by atoms with E-state index in [1.807, 2.05) is 0 Å². The van der Waals surface area contributed by atoms with Crippen LogP contribution in [0.2, 0.25) is 0 Å². The Kier molecular flexibility index (Phi) is 10.9. The highest BCUT2D eigenvalue weighted by Gasteiger charge is 2.07. The maximum absolute atomic E-state index is 10.3. The van der Waals surface area contributed by atoms with Crippen molar-refractivity contribution in [3.8, 4) is 17.2 Å². The standard InChI is InChI=1S/3C7H6O3.H3N/c3*8-6-4-2-1-3-5(6)7(9)10;/h3*1-4,8H,(H,9,10);1H3. The summed E-state index contributed by atoms with van der Waals surface area (Å²) in [4.78, 5) is 30.8. The second-order valence-corrected chi connectivity index (χ2v) is 5.47. The summed E-state index contributed by atoms with van der Waals surface area (Å²) in [5, 5.41) is 51.9. The van der Waals surface area contributed by atoms with Crippen molar-refractivity contribution in [3.63, 3.8) is 0 Å². The largest absolute Gasteiger partial charge is 0.507 e. The number of aromatic carboxylic acids is 3. The molecule has 3 rings (SSSR count). The van der Waals surface area contributed by atoms with Crippen molar-refractivity contribution in [1.82, 2.24) is 6.15 Å². The smallest absolute Gasteiger partial charge is 0.339 e. The van der Waals surface area contributed by atoms with Gasteiger partial charge >= 0.3 is 17.9 Å². The Bertz CT molecular complexity index is 903. The number of hydrogen-bond acceptors (Lipinski definition) is 7. The lowest BCUT2D eigenvalue weighted by Gasteiger charge is -1.95. The Balaban J connectivity index is 0.000000429. The number of aromatic hydroxyl groups is 3. The summed E-state index contributed by atoms with van der Waals surface area (Å²) in [7, 11) is 0. The van der Waals surface area contributed by atoms with Crippen LogP contribution in [-0.2, 0) is 0 Å². The molecule has 0 spiro atoms. The first-order valence-corrected chi connectivity index (χ1v) is 8.19. The maximum Gasteiger partial charge on any atom is 0.339 e. The van der Waals surface area contributed by atoms with Gasteiger partial charge < -0.3 is 36.8 Å². The summed E-state index contributed by atoms with van der Waals surface area (Å²) in [5.74, 6) is -3.94. The predicted octanol–water partition coefficient (Wildman–Crippen LogP) is 3.43. The normalized spacial score (nSPS) is 8.90. The lowest BCUT2D eigenvalue weighted by Crippen LogP contribution is -1.95. The summed E-state index contributed by atoms with van der Waals surface area (Å²) < 4.78 is 0. The quantitative estimate of drug-likeness (QED) is 0.321. The monoisotopic (exact) mass is 431 g/mol. The summed E-state index contributed by atoms with van der Waals surface area (Å²) in [5.41, 5.74) is -0.201. The van der Waals surface area contributed by atoms with Crippen LogP contribution in [0, 0.1) is 0 Å². The molecule has 0 bridgehead atoms. The van der Waals surface area contributed by atoms with Gasteiger partial charge in [0.1, 0.15) is 33.9 Å². The zero-order valence-corrected chi connectivity index (χ0v) is 16.0. The van der Waals surface area contributed by atoms with E-state index in [1.54, 1.807) is 36.4 Å². The Labute approximate surface area is 176 Å². The van der Waals surface area contributed by atoms with Gasteiger partial charge in [0.25, 0.3) is 0 Å². The van der Waals surface area contributed by atoms with Crippen LogP contribution in [0.3, 0.4) is 0 Å². The average Bonchev–Trinajstić information content (AvgIpc) is 2.69. The average molecular weight is 431 g/mol. The van der Waals surface area contributed by atoms with Crippen LogP contribution >= 0.6 is 0 Å². The van der Waals surface area contributed by atoms with Crippen LogP contribution in [0.5, 0.6) is 17.2 Å². The molecule has 0 aromatic heterocycles. The van der Waals surface area contributed by atoms with E-state index in [0.29, 0.717) is 0 Å². The molecular weight excluding hydrogens is 410 g/mol. The molecule has 10 nitrogen and oxygen atoms in total. The number of carboxylic acids is 3. The molecule has 10 heteroatoms. The zero-order valence-electron chi connectivity index (χ0n) is 16.0. The van der Waals surface area contributed by atoms with E-state index in [2.05, 4.69) is 0 Å². The molecule has 0 radical (unpaired) electrons. The van der Waals surface area contributed by atoms with Gasteiger partial charge in [-0.25, -0.2) is 14.4 Å². The second kappa shape index (κ2) is 12.8. The highest BCUT2D eigenvalue weighted by Crippen LogP contribution is 2.15. The summed E-state index contributed by atoms with van der Waals surface area (Å²) in [6.45, 7) is 0. The van der Waals surface area contributed by atoms with Crippen LogP contribution in [0.1, 0.15) is 31.1 Å². The topological polar surface area (TPSA) is 208 Å². The maximum atomic E-state index is 10.3. The fraction of sp³-hybridized carbons (Fsp3) is 0. The van der Waals surface area contributed by atoms with Gasteiger partial charge in [-0.05, 0) is 36.4 Å². The van der Waals surface area contributed by atoms with Gasteiger partial charge in [-0.1, -0.05) is 36.4 Å². The van der Waals surface area contributed by atoms with Gasteiger partial charge in [-0.2, -0.15) is 0 Å². The van der Waals surface area contributed by atoms with Crippen LogP contribution < -0.4 is 6.15 Å². The number of hydrogen-bond donors (Lipinski definition) is 7. The molecule has 0 atom stereocenters. The third-order valence-electron chi connectivity index (χ3n) is 3.40. The van der Waals surface area contributed by atoms with E-state index < -0.39 is 17.9 Å². The molecule has 0 aliphatic carbocycles.